The van der Waals surface area contributed by atoms with Gasteiger partial charge in [0.25, 0.3) is 0 Å². The lowest BCUT2D eigenvalue weighted by Crippen LogP contribution is -2.45. The summed E-state index contributed by atoms with van der Waals surface area (Å²) in [5.41, 5.74) is 7.36. The molecule has 0 bridgehead atoms. The highest BCUT2D eigenvalue weighted by molar-refractivity contribution is 5.97. The van der Waals surface area contributed by atoms with E-state index >= 15 is 0 Å². The Morgan fingerprint density at radius 3 is 2.54 bits per heavy atom. The highest BCUT2D eigenvalue weighted by Crippen LogP contribution is 2.23. The highest BCUT2D eigenvalue weighted by atomic mass is 35.5. The molecule has 0 aliphatic carbocycles. The van der Waals surface area contributed by atoms with Gasteiger partial charge in [-0.1, -0.05) is 20.8 Å². The molecule has 0 saturated carbocycles. The van der Waals surface area contributed by atoms with Crippen LogP contribution in [0.15, 0.2) is 30.5 Å². The monoisotopic (exact) mass is 408 g/mol. The summed E-state index contributed by atoms with van der Waals surface area (Å²) in [4.78, 5) is 26.6. The molecule has 2 heterocycles. The minimum atomic E-state index is -0.594. The van der Waals surface area contributed by atoms with Crippen molar-refractivity contribution in [2.45, 2.75) is 33.4 Å². The third kappa shape index (κ3) is 5.04. The van der Waals surface area contributed by atoms with Gasteiger partial charge in [0.15, 0.2) is 0 Å². The largest absolute Gasteiger partial charge is 0.378 e. The van der Waals surface area contributed by atoms with Crippen LogP contribution >= 0.6 is 12.4 Å². The molecule has 2 amide bonds. The van der Waals surface area contributed by atoms with Crippen molar-refractivity contribution in [3.63, 3.8) is 0 Å². The maximum atomic E-state index is 12.5. The number of nitrogens with zero attached hydrogens (tertiary/aromatic N) is 2. The number of nitrogens with two attached hydrogens (primary N) is 1. The summed E-state index contributed by atoms with van der Waals surface area (Å²) in [5.74, 6) is -0.117. The van der Waals surface area contributed by atoms with E-state index in [1.54, 1.807) is 0 Å². The Morgan fingerprint density at radius 2 is 1.89 bits per heavy atom. The first-order valence-corrected chi connectivity index (χ1v) is 9.26. The SMILES string of the molecule is CC(C)(C)[C@H](N)C(=O)Nc1ccc2c(ccn2CC(=O)N2CCOCC2)c1.Cl. The number of halogens is 1. The van der Waals surface area contributed by atoms with Crippen LogP contribution < -0.4 is 11.1 Å². The number of nitrogens with one attached hydrogen (secondary N) is 1. The second-order valence-electron chi connectivity index (χ2n) is 8.04. The quantitative estimate of drug-likeness (QED) is 0.811. The third-order valence-electron chi connectivity index (χ3n) is 4.92. The minimum absolute atomic E-state index is 0. The van der Waals surface area contributed by atoms with E-state index in [1.807, 2.05) is 60.7 Å². The lowest BCUT2D eigenvalue weighted by Gasteiger charge is -2.27. The zero-order valence-electron chi connectivity index (χ0n) is 16.6. The van der Waals surface area contributed by atoms with Crippen molar-refractivity contribution in [1.82, 2.24) is 9.47 Å². The Labute approximate surface area is 171 Å². The Bertz CT molecular complexity index is 838. The fraction of sp³-hybridized carbons (Fsp3) is 0.500. The van der Waals surface area contributed by atoms with Crippen LogP contribution in [0.25, 0.3) is 10.9 Å². The number of anilines is 1. The summed E-state index contributed by atoms with van der Waals surface area (Å²) in [6, 6.07) is 7.01. The van der Waals surface area contributed by atoms with Crippen LogP contribution in [-0.4, -0.2) is 53.6 Å². The van der Waals surface area contributed by atoms with Crippen molar-refractivity contribution in [1.29, 1.82) is 0 Å². The van der Waals surface area contributed by atoms with E-state index in [1.165, 1.54) is 0 Å². The topological polar surface area (TPSA) is 89.6 Å². The van der Waals surface area contributed by atoms with E-state index in [9.17, 15) is 9.59 Å². The molecule has 1 fully saturated rings. The standard InChI is InChI=1S/C20H28N4O3.ClH/c1-20(2,3)18(21)19(26)22-15-4-5-16-14(12-15)6-7-24(16)13-17(25)23-8-10-27-11-9-23;/h4-7,12,18H,8-11,13,21H2,1-3H3,(H,22,26);1H/t18-;/m1./s1. The number of benzene rings is 1. The second kappa shape index (κ2) is 8.94. The van der Waals surface area contributed by atoms with Crippen molar-refractivity contribution in [2.75, 3.05) is 31.6 Å². The molecule has 0 unspecified atom stereocenters. The summed E-state index contributed by atoms with van der Waals surface area (Å²) in [5, 5.41) is 3.84. The van der Waals surface area contributed by atoms with Gasteiger partial charge < -0.3 is 25.3 Å². The minimum Gasteiger partial charge on any atom is -0.378 e. The van der Waals surface area contributed by atoms with Crippen LogP contribution in [0.2, 0.25) is 0 Å². The molecule has 0 radical (unpaired) electrons. The molecule has 1 aromatic heterocycles. The molecule has 8 heteroatoms. The van der Waals surface area contributed by atoms with Crippen LogP contribution in [0.5, 0.6) is 0 Å². The third-order valence-corrected chi connectivity index (χ3v) is 4.92. The first-order valence-electron chi connectivity index (χ1n) is 9.26. The number of carbonyl (C=O) groups is 2. The van der Waals surface area contributed by atoms with Gasteiger partial charge in [0.1, 0.15) is 6.54 Å². The predicted molar refractivity (Wildman–Crippen MR) is 113 cm³/mol. The number of morpholine rings is 1. The number of ether oxygens (including phenoxy) is 1. The average molecular weight is 409 g/mol. The molecule has 2 aromatic rings. The van der Waals surface area contributed by atoms with Gasteiger partial charge >= 0.3 is 0 Å². The van der Waals surface area contributed by atoms with E-state index < -0.39 is 6.04 Å². The molecular formula is C20H29ClN4O3. The molecule has 1 aliphatic heterocycles. The maximum Gasteiger partial charge on any atom is 0.242 e. The summed E-state index contributed by atoms with van der Waals surface area (Å²) in [6.07, 6.45) is 1.90. The van der Waals surface area contributed by atoms with Crippen LogP contribution in [-0.2, 0) is 20.9 Å². The molecule has 28 heavy (non-hydrogen) atoms. The molecule has 154 valence electrons. The average Bonchev–Trinajstić information content (AvgIpc) is 3.03. The summed E-state index contributed by atoms with van der Waals surface area (Å²) >= 11 is 0. The van der Waals surface area contributed by atoms with Crippen LogP contribution in [0, 0.1) is 5.41 Å². The van der Waals surface area contributed by atoms with Gasteiger partial charge in [-0.25, -0.2) is 0 Å². The number of aromatic nitrogens is 1. The van der Waals surface area contributed by atoms with Gasteiger partial charge in [0.05, 0.1) is 19.3 Å². The molecule has 3 rings (SSSR count). The Kier molecular flexibility index (Phi) is 7.09. The number of carbonyl (C=O) groups excluding carboxylic acids is 2. The number of hydrogen-bond acceptors (Lipinski definition) is 4. The number of fused-ring (bicyclic) bond motifs is 1. The lowest BCUT2D eigenvalue weighted by atomic mass is 9.87. The number of rotatable bonds is 4. The molecule has 7 nitrogen and oxygen atoms in total. The molecule has 1 aromatic carbocycles. The first-order chi connectivity index (χ1) is 12.8. The zero-order chi connectivity index (χ0) is 19.6. The molecule has 1 atom stereocenters. The Hall–Kier alpha value is -2.09. The molecular weight excluding hydrogens is 380 g/mol. The van der Waals surface area contributed by atoms with Crippen LogP contribution in [0.4, 0.5) is 5.69 Å². The van der Waals surface area contributed by atoms with Gasteiger partial charge in [-0.3, -0.25) is 9.59 Å². The van der Waals surface area contributed by atoms with Gasteiger partial charge in [0.2, 0.25) is 11.8 Å². The smallest absolute Gasteiger partial charge is 0.242 e. The fourth-order valence-corrected chi connectivity index (χ4v) is 3.09. The zero-order valence-corrected chi connectivity index (χ0v) is 17.4. The molecule has 1 aliphatic rings. The van der Waals surface area contributed by atoms with E-state index in [0.29, 0.717) is 38.5 Å². The maximum absolute atomic E-state index is 12.5. The molecule has 0 spiro atoms. The van der Waals surface area contributed by atoms with Crippen molar-refractivity contribution < 1.29 is 14.3 Å². The molecule has 3 N–H and O–H groups in total. The van der Waals surface area contributed by atoms with E-state index in [-0.39, 0.29) is 29.6 Å². The van der Waals surface area contributed by atoms with Crippen LogP contribution in [0.3, 0.4) is 0 Å². The van der Waals surface area contributed by atoms with Crippen LogP contribution in [0.1, 0.15) is 20.8 Å². The Morgan fingerprint density at radius 1 is 1.21 bits per heavy atom. The lowest BCUT2D eigenvalue weighted by molar-refractivity contribution is -0.135. The van der Waals surface area contributed by atoms with Gasteiger partial charge in [-0.2, -0.15) is 0 Å². The summed E-state index contributed by atoms with van der Waals surface area (Å²) in [7, 11) is 0. The molecule has 1 saturated heterocycles. The first kappa shape index (κ1) is 22.2. The van der Waals surface area contributed by atoms with Crippen molar-refractivity contribution in [2.24, 2.45) is 11.1 Å². The van der Waals surface area contributed by atoms with Gasteiger partial charge in [0, 0.05) is 35.9 Å². The van der Waals surface area contributed by atoms with Gasteiger partial charge in [-0.05, 0) is 29.7 Å². The van der Waals surface area contributed by atoms with E-state index in [0.717, 1.165) is 10.9 Å². The normalized spacial score (nSPS) is 15.8. The van der Waals surface area contributed by atoms with Crippen molar-refractivity contribution in [3.8, 4) is 0 Å². The predicted octanol–water partition coefficient (Wildman–Crippen LogP) is 2.23. The van der Waals surface area contributed by atoms with Crippen molar-refractivity contribution >= 4 is 40.8 Å². The fourth-order valence-electron chi connectivity index (χ4n) is 3.09. The number of hydrogen-bond donors (Lipinski definition) is 2. The van der Waals surface area contributed by atoms with Crippen molar-refractivity contribution in [3.05, 3.63) is 30.5 Å². The van der Waals surface area contributed by atoms with Gasteiger partial charge in [-0.15, -0.1) is 12.4 Å². The second-order valence-corrected chi connectivity index (χ2v) is 8.04. The van der Waals surface area contributed by atoms with E-state index in [4.69, 9.17) is 10.5 Å². The number of amides is 2. The Balaban J connectivity index is 0.00000280. The van der Waals surface area contributed by atoms with E-state index in [2.05, 4.69) is 5.32 Å². The summed E-state index contributed by atoms with van der Waals surface area (Å²) in [6.45, 7) is 8.58. The summed E-state index contributed by atoms with van der Waals surface area (Å²) < 4.78 is 7.22. The highest BCUT2D eigenvalue weighted by Gasteiger charge is 2.27.